The van der Waals surface area contributed by atoms with Crippen molar-refractivity contribution in [2.45, 2.75) is 64.0 Å². The molecule has 6 nitrogen and oxygen atoms in total. The zero-order chi connectivity index (χ0) is 20.5. The summed E-state index contributed by atoms with van der Waals surface area (Å²) in [5, 5.41) is 12.1. The van der Waals surface area contributed by atoms with E-state index in [-0.39, 0.29) is 11.9 Å². The molecule has 0 saturated heterocycles. The van der Waals surface area contributed by atoms with Crippen molar-refractivity contribution in [3.8, 4) is 0 Å². The quantitative estimate of drug-likeness (QED) is 0.547. The number of rotatable bonds is 9. The van der Waals surface area contributed by atoms with E-state index in [9.17, 15) is 9.59 Å². The lowest BCUT2D eigenvalue weighted by atomic mass is 9.96. The number of hydrogen-bond donors (Lipinski definition) is 3. The number of nitrogens with zero attached hydrogens (tertiary/aromatic N) is 1. The van der Waals surface area contributed by atoms with Gasteiger partial charge in [0.25, 0.3) is 0 Å². The van der Waals surface area contributed by atoms with Crippen LogP contribution >= 0.6 is 11.3 Å². The number of thiazole rings is 1. The monoisotopic (exact) mass is 414 g/mol. The highest BCUT2D eigenvalue weighted by atomic mass is 32.1. The summed E-state index contributed by atoms with van der Waals surface area (Å²) in [6, 6.07) is 9.47. The molecule has 1 aliphatic rings. The van der Waals surface area contributed by atoms with Crippen LogP contribution in [0.1, 0.15) is 54.8 Å². The van der Waals surface area contributed by atoms with Gasteiger partial charge in [-0.15, -0.1) is 11.3 Å². The summed E-state index contributed by atoms with van der Waals surface area (Å²) >= 11 is 1.69. The van der Waals surface area contributed by atoms with Crippen molar-refractivity contribution < 1.29 is 9.59 Å². The van der Waals surface area contributed by atoms with Crippen molar-refractivity contribution >= 4 is 23.3 Å². The van der Waals surface area contributed by atoms with Crippen LogP contribution in [0.2, 0.25) is 0 Å². The lowest BCUT2D eigenvalue weighted by Gasteiger charge is -2.29. The number of benzene rings is 1. The van der Waals surface area contributed by atoms with Gasteiger partial charge in [0, 0.05) is 24.2 Å². The standard InChI is InChI=1S/C22H30N4O2S/c1-17-16-29-19(25-17)11-5-8-14-23-20(27)22(12-6-7-13-22)26-21(28)24-15-18-9-3-2-4-10-18/h2-4,9-10,16H,5-8,11-15H2,1H3,(H,23,27)(H2,24,26,28). The second kappa shape index (κ2) is 10.4. The number of carbonyl (C=O) groups is 2. The van der Waals surface area contributed by atoms with Gasteiger partial charge in [0.15, 0.2) is 0 Å². The van der Waals surface area contributed by atoms with E-state index in [2.05, 4.69) is 26.3 Å². The first-order valence-electron chi connectivity index (χ1n) is 10.4. The Balaban J connectivity index is 1.42. The summed E-state index contributed by atoms with van der Waals surface area (Å²) in [6.07, 6.45) is 6.13. The van der Waals surface area contributed by atoms with Gasteiger partial charge in [-0.2, -0.15) is 0 Å². The SMILES string of the molecule is Cc1csc(CCCCNC(=O)C2(NC(=O)NCc3ccccc3)CCCC2)n1. The van der Waals surface area contributed by atoms with Gasteiger partial charge in [0.05, 0.1) is 5.01 Å². The van der Waals surface area contributed by atoms with Crippen LogP contribution in [0.15, 0.2) is 35.7 Å². The molecule has 0 radical (unpaired) electrons. The highest BCUT2D eigenvalue weighted by Gasteiger charge is 2.42. The van der Waals surface area contributed by atoms with Crippen molar-refractivity contribution in [3.05, 3.63) is 52.0 Å². The third-order valence-electron chi connectivity index (χ3n) is 5.31. The zero-order valence-corrected chi connectivity index (χ0v) is 17.8. The maximum atomic E-state index is 12.8. The molecule has 1 fully saturated rings. The summed E-state index contributed by atoms with van der Waals surface area (Å²) in [7, 11) is 0. The van der Waals surface area contributed by atoms with E-state index in [1.54, 1.807) is 11.3 Å². The number of unbranched alkanes of at least 4 members (excludes halogenated alkanes) is 1. The molecule has 7 heteroatoms. The fraction of sp³-hybridized carbons (Fsp3) is 0.500. The number of urea groups is 1. The molecule has 0 aliphatic heterocycles. The fourth-order valence-electron chi connectivity index (χ4n) is 3.72. The number of nitrogens with one attached hydrogen (secondary N) is 3. The van der Waals surface area contributed by atoms with Gasteiger partial charge < -0.3 is 16.0 Å². The molecule has 156 valence electrons. The Morgan fingerprint density at radius 2 is 1.86 bits per heavy atom. The van der Waals surface area contributed by atoms with Crippen LogP contribution in [0.4, 0.5) is 4.79 Å². The zero-order valence-electron chi connectivity index (χ0n) is 17.0. The summed E-state index contributed by atoms with van der Waals surface area (Å²) < 4.78 is 0. The second-order valence-corrected chi connectivity index (χ2v) is 8.62. The molecule has 3 amide bonds. The first-order chi connectivity index (χ1) is 14.1. The smallest absolute Gasteiger partial charge is 0.315 e. The van der Waals surface area contributed by atoms with E-state index in [4.69, 9.17) is 0 Å². The van der Waals surface area contributed by atoms with Crippen molar-refractivity contribution in [1.29, 1.82) is 0 Å². The molecule has 1 aliphatic carbocycles. The fourth-order valence-corrected chi connectivity index (χ4v) is 4.54. The molecule has 2 aromatic rings. The third kappa shape index (κ3) is 6.29. The number of carbonyl (C=O) groups excluding carboxylic acids is 2. The van der Waals surface area contributed by atoms with Crippen molar-refractivity contribution in [2.24, 2.45) is 0 Å². The molecule has 1 saturated carbocycles. The Hall–Kier alpha value is -2.41. The Bertz CT molecular complexity index is 800. The highest BCUT2D eigenvalue weighted by Crippen LogP contribution is 2.30. The maximum Gasteiger partial charge on any atom is 0.315 e. The minimum absolute atomic E-state index is 0.0602. The van der Waals surface area contributed by atoms with E-state index in [1.807, 2.05) is 37.3 Å². The van der Waals surface area contributed by atoms with Gasteiger partial charge in [0.1, 0.15) is 5.54 Å². The predicted molar refractivity (Wildman–Crippen MR) is 116 cm³/mol. The molecule has 29 heavy (non-hydrogen) atoms. The molecular weight excluding hydrogens is 384 g/mol. The van der Waals surface area contributed by atoms with Crippen LogP contribution in [0.5, 0.6) is 0 Å². The lowest BCUT2D eigenvalue weighted by Crippen LogP contribution is -2.59. The van der Waals surface area contributed by atoms with Crippen molar-refractivity contribution in [2.75, 3.05) is 6.54 Å². The Morgan fingerprint density at radius 3 is 2.55 bits per heavy atom. The van der Waals surface area contributed by atoms with Crippen LogP contribution in [0.3, 0.4) is 0 Å². The van der Waals surface area contributed by atoms with Crippen molar-refractivity contribution in [3.63, 3.8) is 0 Å². The van der Waals surface area contributed by atoms with E-state index >= 15 is 0 Å². The molecule has 0 unspecified atom stereocenters. The first kappa shape index (κ1) is 21.3. The largest absolute Gasteiger partial charge is 0.354 e. The van der Waals surface area contributed by atoms with Gasteiger partial charge in [-0.3, -0.25) is 4.79 Å². The molecule has 1 aromatic heterocycles. The Morgan fingerprint density at radius 1 is 1.10 bits per heavy atom. The minimum Gasteiger partial charge on any atom is -0.354 e. The molecule has 0 atom stereocenters. The van der Waals surface area contributed by atoms with Gasteiger partial charge >= 0.3 is 6.03 Å². The lowest BCUT2D eigenvalue weighted by molar-refractivity contribution is -0.127. The second-order valence-electron chi connectivity index (χ2n) is 7.68. The van der Waals surface area contributed by atoms with E-state index in [0.717, 1.165) is 48.4 Å². The molecule has 3 N–H and O–H groups in total. The van der Waals surface area contributed by atoms with Crippen molar-refractivity contribution in [1.82, 2.24) is 20.9 Å². The number of hydrogen-bond acceptors (Lipinski definition) is 4. The topological polar surface area (TPSA) is 83.1 Å². The first-order valence-corrected chi connectivity index (χ1v) is 11.2. The van der Waals surface area contributed by atoms with Gasteiger partial charge in [-0.25, -0.2) is 9.78 Å². The van der Waals surface area contributed by atoms with Crippen LogP contribution in [0, 0.1) is 6.92 Å². The normalized spacial score (nSPS) is 15.1. The molecule has 1 aromatic carbocycles. The van der Waals surface area contributed by atoms with Gasteiger partial charge in [0.2, 0.25) is 5.91 Å². The van der Waals surface area contributed by atoms with E-state index in [0.29, 0.717) is 25.9 Å². The maximum absolute atomic E-state index is 12.8. The van der Waals surface area contributed by atoms with E-state index in [1.165, 1.54) is 0 Å². The number of aromatic nitrogens is 1. The van der Waals surface area contributed by atoms with Crippen LogP contribution in [-0.4, -0.2) is 29.0 Å². The molecular formula is C22H30N4O2S. The van der Waals surface area contributed by atoms with Crippen LogP contribution in [-0.2, 0) is 17.8 Å². The molecule has 3 rings (SSSR count). The summed E-state index contributed by atoms with van der Waals surface area (Å²) in [5.41, 5.74) is 1.31. The Kier molecular flexibility index (Phi) is 7.63. The summed E-state index contributed by atoms with van der Waals surface area (Å²) in [5.74, 6) is -0.0602. The minimum atomic E-state index is -0.785. The summed E-state index contributed by atoms with van der Waals surface area (Å²) in [4.78, 5) is 29.7. The number of aryl methyl sites for hydroxylation is 2. The van der Waals surface area contributed by atoms with E-state index < -0.39 is 5.54 Å². The molecule has 0 bridgehead atoms. The van der Waals surface area contributed by atoms with Crippen LogP contribution < -0.4 is 16.0 Å². The molecule has 0 spiro atoms. The van der Waals surface area contributed by atoms with Gasteiger partial charge in [-0.1, -0.05) is 43.2 Å². The molecule has 1 heterocycles. The van der Waals surface area contributed by atoms with Gasteiger partial charge in [-0.05, 0) is 44.6 Å². The highest BCUT2D eigenvalue weighted by molar-refractivity contribution is 7.09. The predicted octanol–water partition coefficient (Wildman–Crippen LogP) is 3.70. The Labute approximate surface area is 176 Å². The number of amides is 3. The van der Waals surface area contributed by atoms with Crippen LogP contribution in [0.25, 0.3) is 0 Å². The third-order valence-corrected chi connectivity index (χ3v) is 6.34. The average molecular weight is 415 g/mol. The summed E-state index contributed by atoms with van der Waals surface area (Å²) in [6.45, 7) is 3.07. The average Bonchev–Trinajstić information content (AvgIpc) is 3.36.